The lowest BCUT2D eigenvalue weighted by Crippen LogP contribution is -2.35. The Bertz CT molecular complexity index is 586. The van der Waals surface area contributed by atoms with Crippen LogP contribution in [0.5, 0.6) is 17.2 Å². The number of nitrogens with two attached hydrogens (primary N) is 1. The van der Waals surface area contributed by atoms with Crippen LogP contribution in [0.25, 0.3) is 0 Å². The number of rotatable bonds is 5. The average Bonchev–Trinajstić information content (AvgIpc) is 2.55. The Hall–Kier alpha value is -2.20. The lowest BCUT2D eigenvalue weighted by atomic mass is 10.2. The van der Waals surface area contributed by atoms with Crippen molar-refractivity contribution in [2.24, 2.45) is 5.73 Å². The molecule has 4 heteroatoms. The minimum atomic E-state index is -0.0860. The van der Waals surface area contributed by atoms with E-state index in [2.05, 4.69) is 12.1 Å². The molecule has 3 rings (SSSR count). The van der Waals surface area contributed by atoms with Crippen LogP contribution in [0.3, 0.4) is 0 Å². The summed E-state index contributed by atoms with van der Waals surface area (Å²) < 4.78 is 17.1. The van der Waals surface area contributed by atoms with Crippen molar-refractivity contribution < 1.29 is 14.2 Å². The maximum atomic E-state index is 5.78. The van der Waals surface area contributed by atoms with Crippen LogP contribution in [0, 0.1) is 0 Å². The summed E-state index contributed by atoms with van der Waals surface area (Å²) in [7, 11) is 0. The number of hydrogen-bond acceptors (Lipinski definition) is 4. The molecule has 1 aliphatic heterocycles. The summed E-state index contributed by atoms with van der Waals surface area (Å²) in [5.41, 5.74) is 6.87. The Morgan fingerprint density at radius 3 is 2.76 bits per heavy atom. The van der Waals surface area contributed by atoms with Crippen molar-refractivity contribution >= 4 is 0 Å². The van der Waals surface area contributed by atoms with Gasteiger partial charge in [0.2, 0.25) is 0 Å². The van der Waals surface area contributed by atoms with Gasteiger partial charge >= 0.3 is 0 Å². The predicted octanol–water partition coefficient (Wildman–Crippen LogP) is 2.41. The smallest absolute Gasteiger partial charge is 0.165 e. The summed E-state index contributed by atoms with van der Waals surface area (Å²) in [6.45, 7) is 1.57. The molecule has 1 atom stereocenters. The second kappa shape index (κ2) is 6.50. The molecule has 0 fully saturated rings. The number of fused-ring (bicyclic) bond motifs is 1. The molecule has 2 N–H and O–H groups in total. The summed E-state index contributed by atoms with van der Waals surface area (Å²) in [4.78, 5) is 0. The standard InChI is InChI=1S/C17H19NO3/c18-11-15-12-20-16-7-6-14(10-17(16)21-15)19-9-8-13-4-2-1-3-5-13/h1-7,10,15H,8-9,11-12,18H2/t15-/m1/s1. The first kappa shape index (κ1) is 13.8. The van der Waals surface area contributed by atoms with Crippen LogP contribution < -0.4 is 19.9 Å². The van der Waals surface area contributed by atoms with Gasteiger partial charge in [0.05, 0.1) is 6.61 Å². The molecule has 2 aromatic rings. The van der Waals surface area contributed by atoms with Gasteiger partial charge in [0, 0.05) is 19.0 Å². The molecule has 0 saturated heterocycles. The molecule has 21 heavy (non-hydrogen) atoms. The molecule has 1 aliphatic rings. The lowest BCUT2D eigenvalue weighted by Gasteiger charge is -2.25. The Labute approximate surface area is 124 Å². The molecule has 1 heterocycles. The first-order valence-electron chi connectivity index (χ1n) is 7.15. The van der Waals surface area contributed by atoms with Crippen molar-refractivity contribution in [3.63, 3.8) is 0 Å². The molecule has 0 saturated carbocycles. The highest BCUT2D eigenvalue weighted by molar-refractivity contribution is 5.46. The maximum absolute atomic E-state index is 5.78. The van der Waals surface area contributed by atoms with Gasteiger partial charge in [-0.05, 0) is 17.7 Å². The predicted molar refractivity (Wildman–Crippen MR) is 81.0 cm³/mol. The van der Waals surface area contributed by atoms with Crippen molar-refractivity contribution in [3.05, 3.63) is 54.1 Å². The van der Waals surface area contributed by atoms with Gasteiger partial charge in [0.25, 0.3) is 0 Å². The number of ether oxygens (including phenoxy) is 3. The van der Waals surface area contributed by atoms with Crippen LogP contribution in [0.2, 0.25) is 0 Å². The topological polar surface area (TPSA) is 53.7 Å². The second-order valence-corrected chi connectivity index (χ2v) is 4.98. The molecule has 0 aromatic heterocycles. The van der Waals surface area contributed by atoms with E-state index in [1.165, 1.54) is 5.56 Å². The molecular formula is C17H19NO3. The van der Waals surface area contributed by atoms with Crippen LogP contribution in [-0.2, 0) is 6.42 Å². The van der Waals surface area contributed by atoms with Crippen molar-refractivity contribution in [2.45, 2.75) is 12.5 Å². The Morgan fingerprint density at radius 2 is 1.95 bits per heavy atom. The van der Waals surface area contributed by atoms with Gasteiger partial charge in [0.1, 0.15) is 18.5 Å². The molecule has 0 bridgehead atoms. The highest BCUT2D eigenvalue weighted by Gasteiger charge is 2.20. The summed E-state index contributed by atoms with van der Waals surface area (Å²) in [5, 5.41) is 0. The number of benzene rings is 2. The fourth-order valence-corrected chi connectivity index (χ4v) is 2.23. The van der Waals surface area contributed by atoms with Gasteiger partial charge in [-0.2, -0.15) is 0 Å². The molecule has 0 spiro atoms. The zero-order valence-corrected chi connectivity index (χ0v) is 11.8. The third-order valence-electron chi connectivity index (χ3n) is 3.40. The molecule has 0 radical (unpaired) electrons. The molecule has 4 nitrogen and oxygen atoms in total. The van der Waals surface area contributed by atoms with Crippen molar-refractivity contribution in [1.82, 2.24) is 0 Å². The molecule has 0 amide bonds. The Kier molecular flexibility index (Phi) is 4.26. The largest absolute Gasteiger partial charge is 0.493 e. The van der Waals surface area contributed by atoms with E-state index in [4.69, 9.17) is 19.9 Å². The van der Waals surface area contributed by atoms with E-state index >= 15 is 0 Å². The normalized spacial score (nSPS) is 16.5. The van der Waals surface area contributed by atoms with Gasteiger partial charge in [-0.3, -0.25) is 0 Å². The van der Waals surface area contributed by atoms with Gasteiger partial charge < -0.3 is 19.9 Å². The highest BCUT2D eigenvalue weighted by atomic mass is 16.6. The van der Waals surface area contributed by atoms with Gasteiger partial charge in [-0.25, -0.2) is 0 Å². The first-order chi connectivity index (χ1) is 10.3. The third-order valence-corrected chi connectivity index (χ3v) is 3.40. The molecule has 2 aromatic carbocycles. The summed E-state index contributed by atoms with van der Waals surface area (Å²) >= 11 is 0. The van der Waals surface area contributed by atoms with Gasteiger partial charge in [0.15, 0.2) is 11.5 Å². The zero-order valence-electron chi connectivity index (χ0n) is 11.8. The zero-order chi connectivity index (χ0) is 14.5. The summed E-state index contributed by atoms with van der Waals surface area (Å²) in [6.07, 6.45) is 0.790. The summed E-state index contributed by atoms with van der Waals surface area (Å²) in [6, 6.07) is 15.9. The first-order valence-corrected chi connectivity index (χ1v) is 7.15. The molecule has 110 valence electrons. The van der Waals surface area contributed by atoms with Crippen LogP contribution in [-0.4, -0.2) is 25.9 Å². The Balaban J connectivity index is 1.59. The van der Waals surface area contributed by atoms with Crippen LogP contribution in [0.1, 0.15) is 5.56 Å². The van der Waals surface area contributed by atoms with Gasteiger partial charge in [-0.1, -0.05) is 30.3 Å². The van der Waals surface area contributed by atoms with Crippen molar-refractivity contribution in [2.75, 3.05) is 19.8 Å². The van der Waals surface area contributed by atoms with E-state index in [1.807, 2.05) is 36.4 Å². The van der Waals surface area contributed by atoms with E-state index in [9.17, 15) is 0 Å². The minimum absolute atomic E-state index is 0.0860. The SMILES string of the molecule is NC[C@@H]1COc2ccc(OCCc3ccccc3)cc2O1. The quantitative estimate of drug-likeness (QED) is 0.916. The van der Waals surface area contributed by atoms with E-state index in [0.29, 0.717) is 25.5 Å². The molecule has 0 unspecified atom stereocenters. The molecular weight excluding hydrogens is 266 g/mol. The van der Waals surface area contributed by atoms with Crippen molar-refractivity contribution in [1.29, 1.82) is 0 Å². The highest BCUT2D eigenvalue weighted by Crippen LogP contribution is 2.34. The van der Waals surface area contributed by atoms with Crippen LogP contribution >= 0.6 is 0 Å². The monoisotopic (exact) mass is 285 g/mol. The summed E-state index contributed by atoms with van der Waals surface area (Å²) in [5.74, 6) is 2.23. The van der Waals surface area contributed by atoms with E-state index < -0.39 is 0 Å². The average molecular weight is 285 g/mol. The fraction of sp³-hybridized carbons (Fsp3) is 0.294. The minimum Gasteiger partial charge on any atom is -0.493 e. The number of hydrogen-bond donors (Lipinski definition) is 1. The maximum Gasteiger partial charge on any atom is 0.165 e. The molecule has 0 aliphatic carbocycles. The van der Waals surface area contributed by atoms with E-state index in [-0.39, 0.29) is 6.10 Å². The third kappa shape index (κ3) is 3.47. The van der Waals surface area contributed by atoms with E-state index in [1.54, 1.807) is 0 Å². The van der Waals surface area contributed by atoms with Crippen molar-refractivity contribution in [3.8, 4) is 17.2 Å². The van der Waals surface area contributed by atoms with Crippen LogP contribution in [0.15, 0.2) is 48.5 Å². The van der Waals surface area contributed by atoms with Gasteiger partial charge in [-0.15, -0.1) is 0 Å². The Morgan fingerprint density at radius 1 is 1.10 bits per heavy atom. The fourth-order valence-electron chi connectivity index (χ4n) is 2.23. The second-order valence-electron chi connectivity index (χ2n) is 4.98. The lowest BCUT2D eigenvalue weighted by molar-refractivity contribution is 0.0963. The van der Waals surface area contributed by atoms with E-state index in [0.717, 1.165) is 17.9 Å². The van der Waals surface area contributed by atoms with Crippen LogP contribution in [0.4, 0.5) is 0 Å².